The molecule has 0 spiro atoms. The summed E-state index contributed by atoms with van der Waals surface area (Å²) in [5.41, 5.74) is 0.388. The number of ether oxygens (including phenoxy) is 1. The fraction of sp³-hybridized carbons (Fsp3) is 0.375. The van der Waals surface area contributed by atoms with Crippen LogP contribution in [0.15, 0.2) is 41.1 Å². The maximum Gasteiger partial charge on any atom is 0.408 e. The van der Waals surface area contributed by atoms with E-state index in [4.69, 9.17) is 4.74 Å². The maximum atomic E-state index is 12.1. The van der Waals surface area contributed by atoms with Gasteiger partial charge in [-0.2, -0.15) is 0 Å². The first kappa shape index (κ1) is 16.5. The van der Waals surface area contributed by atoms with Crippen LogP contribution >= 0.6 is 15.9 Å². The van der Waals surface area contributed by atoms with Crippen molar-refractivity contribution in [2.45, 2.75) is 32.4 Å². The van der Waals surface area contributed by atoms with E-state index >= 15 is 0 Å². The van der Waals surface area contributed by atoms with Gasteiger partial charge in [0.15, 0.2) is 0 Å². The standard InChI is InChI=1S/C16H20BrN3O2/c1-16(2,3)22-15(21)19-13(14-18-9-10-20(14)4)11-5-7-12(17)8-6-11/h5-10,13H,1-4H3,(H,19,21). The normalized spacial score (nSPS) is 12.8. The Hall–Kier alpha value is -1.82. The molecule has 1 N–H and O–H groups in total. The average Bonchev–Trinajstić information content (AvgIpc) is 2.81. The molecule has 0 saturated heterocycles. The number of rotatable bonds is 3. The molecule has 6 heteroatoms. The molecule has 1 amide bonds. The van der Waals surface area contributed by atoms with Crippen LogP contribution in [-0.2, 0) is 11.8 Å². The highest BCUT2D eigenvalue weighted by atomic mass is 79.9. The van der Waals surface area contributed by atoms with E-state index in [0.29, 0.717) is 0 Å². The predicted molar refractivity (Wildman–Crippen MR) is 88.6 cm³/mol. The quantitative estimate of drug-likeness (QED) is 0.899. The topological polar surface area (TPSA) is 56.2 Å². The zero-order chi connectivity index (χ0) is 16.3. The Morgan fingerprint density at radius 2 is 1.95 bits per heavy atom. The van der Waals surface area contributed by atoms with E-state index in [2.05, 4.69) is 26.2 Å². The van der Waals surface area contributed by atoms with Gasteiger partial charge < -0.3 is 14.6 Å². The van der Waals surface area contributed by atoms with Crippen molar-refractivity contribution in [1.29, 1.82) is 0 Å². The third-order valence-corrected chi connectivity index (χ3v) is 3.51. The lowest BCUT2D eigenvalue weighted by molar-refractivity contribution is 0.0510. The molecule has 0 radical (unpaired) electrons. The molecule has 1 aromatic heterocycles. The number of halogens is 1. The summed E-state index contributed by atoms with van der Waals surface area (Å²) in [7, 11) is 1.89. The first-order valence-corrected chi connectivity index (χ1v) is 7.78. The number of hydrogen-bond donors (Lipinski definition) is 1. The van der Waals surface area contributed by atoms with E-state index in [1.165, 1.54) is 0 Å². The number of aromatic nitrogens is 2. The number of amides is 1. The number of carbonyl (C=O) groups is 1. The highest BCUT2D eigenvalue weighted by molar-refractivity contribution is 9.10. The molecule has 0 aliphatic carbocycles. The van der Waals surface area contributed by atoms with Crippen LogP contribution in [0.1, 0.15) is 38.2 Å². The Kier molecular flexibility index (Phi) is 4.90. The van der Waals surface area contributed by atoms with Crippen LogP contribution in [0.2, 0.25) is 0 Å². The molecular formula is C16H20BrN3O2. The van der Waals surface area contributed by atoms with Crippen LogP contribution in [0.4, 0.5) is 4.79 Å². The van der Waals surface area contributed by atoms with Gasteiger partial charge in [-0.3, -0.25) is 0 Å². The van der Waals surface area contributed by atoms with E-state index in [0.717, 1.165) is 15.9 Å². The molecular weight excluding hydrogens is 346 g/mol. The van der Waals surface area contributed by atoms with Crippen molar-refractivity contribution in [3.05, 3.63) is 52.5 Å². The lowest BCUT2D eigenvalue weighted by atomic mass is 10.1. The lowest BCUT2D eigenvalue weighted by Gasteiger charge is -2.23. The fourth-order valence-electron chi connectivity index (χ4n) is 2.03. The van der Waals surface area contributed by atoms with E-state index in [1.54, 1.807) is 6.20 Å². The van der Waals surface area contributed by atoms with Crippen molar-refractivity contribution < 1.29 is 9.53 Å². The van der Waals surface area contributed by atoms with Gasteiger partial charge in [0.05, 0.1) is 0 Å². The minimum absolute atomic E-state index is 0.372. The van der Waals surface area contributed by atoms with Crippen LogP contribution < -0.4 is 5.32 Å². The van der Waals surface area contributed by atoms with Gasteiger partial charge in [0.1, 0.15) is 17.5 Å². The van der Waals surface area contributed by atoms with Crippen molar-refractivity contribution in [2.24, 2.45) is 7.05 Å². The minimum atomic E-state index is -0.546. The molecule has 0 saturated carbocycles. The number of aryl methyl sites for hydroxylation is 1. The summed E-state index contributed by atoms with van der Waals surface area (Å²) in [5.74, 6) is 0.744. The van der Waals surface area contributed by atoms with Crippen LogP contribution in [0.5, 0.6) is 0 Å². The van der Waals surface area contributed by atoms with Crippen LogP contribution in [-0.4, -0.2) is 21.2 Å². The number of nitrogens with zero attached hydrogens (tertiary/aromatic N) is 2. The van der Waals surface area contributed by atoms with Gasteiger partial charge in [-0.1, -0.05) is 28.1 Å². The van der Waals surface area contributed by atoms with Crippen LogP contribution in [0.3, 0.4) is 0 Å². The van der Waals surface area contributed by atoms with E-state index in [-0.39, 0.29) is 6.04 Å². The lowest BCUT2D eigenvalue weighted by Crippen LogP contribution is -2.36. The number of hydrogen-bond acceptors (Lipinski definition) is 3. The zero-order valence-electron chi connectivity index (χ0n) is 13.1. The minimum Gasteiger partial charge on any atom is -0.444 e. The van der Waals surface area contributed by atoms with Gasteiger partial charge in [0, 0.05) is 23.9 Å². The molecule has 0 bridgehead atoms. The summed E-state index contributed by atoms with van der Waals surface area (Å²) in [6.45, 7) is 5.51. The Bertz CT molecular complexity index is 644. The molecule has 22 heavy (non-hydrogen) atoms. The Morgan fingerprint density at radius 1 is 1.32 bits per heavy atom. The highest BCUT2D eigenvalue weighted by Crippen LogP contribution is 2.23. The van der Waals surface area contributed by atoms with Gasteiger partial charge in [-0.25, -0.2) is 9.78 Å². The maximum absolute atomic E-state index is 12.1. The largest absolute Gasteiger partial charge is 0.444 e. The smallest absolute Gasteiger partial charge is 0.408 e. The van der Waals surface area contributed by atoms with Crippen molar-refractivity contribution in [2.75, 3.05) is 0 Å². The molecule has 1 aromatic carbocycles. The van der Waals surface area contributed by atoms with Gasteiger partial charge >= 0.3 is 6.09 Å². The molecule has 118 valence electrons. The van der Waals surface area contributed by atoms with Crippen molar-refractivity contribution in [3.63, 3.8) is 0 Å². The molecule has 5 nitrogen and oxygen atoms in total. The summed E-state index contributed by atoms with van der Waals surface area (Å²) < 4.78 is 8.21. The molecule has 0 fully saturated rings. The molecule has 1 unspecified atom stereocenters. The van der Waals surface area contributed by atoms with E-state index in [9.17, 15) is 4.79 Å². The molecule has 1 heterocycles. The molecule has 2 aromatic rings. The predicted octanol–water partition coefficient (Wildman–Crippen LogP) is 3.80. The third kappa shape index (κ3) is 4.34. The van der Waals surface area contributed by atoms with E-state index < -0.39 is 11.7 Å². The second kappa shape index (κ2) is 6.52. The van der Waals surface area contributed by atoms with Gasteiger partial charge in [-0.15, -0.1) is 0 Å². The Morgan fingerprint density at radius 3 is 2.45 bits per heavy atom. The number of nitrogens with one attached hydrogen (secondary N) is 1. The fourth-order valence-corrected chi connectivity index (χ4v) is 2.30. The molecule has 1 atom stereocenters. The second-order valence-electron chi connectivity index (χ2n) is 6.03. The van der Waals surface area contributed by atoms with E-state index in [1.807, 2.05) is 62.8 Å². The van der Waals surface area contributed by atoms with Crippen molar-refractivity contribution in [3.8, 4) is 0 Å². The molecule has 2 rings (SSSR count). The van der Waals surface area contributed by atoms with Gasteiger partial charge in [0.25, 0.3) is 0 Å². The number of benzene rings is 1. The number of carbonyl (C=O) groups excluding carboxylic acids is 1. The first-order chi connectivity index (χ1) is 10.3. The monoisotopic (exact) mass is 365 g/mol. The van der Waals surface area contributed by atoms with Crippen LogP contribution in [0, 0.1) is 0 Å². The number of alkyl carbamates (subject to hydrolysis) is 1. The van der Waals surface area contributed by atoms with Gasteiger partial charge in [-0.05, 0) is 38.5 Å². The first-order valence-electron chi connectivity index (χ1n) is 6.98. The SMILES string of the molecule is Cn1ccnc1C(NC(=O)OC(C)(C)C)c1ccc(Br)cc1. The van der Waals surface area contributed by atoms with Crippen molar-refractivity contribution in [1.82, 2.24) is 14.9 Å². The molecule has 0 aliphatic heterocycles. The third-order valence-electron chi connectivity index (χ3n) is 2.98. The van der Waals surface area contributed by atoms with Gasteiger partial charge in [0.2, 0.25) is 0 Å². The van der Waals surface area contributed by atoms with Crippen molar-refractivity contribution >= 4 is 22.0 Å². The Labute approximate surface area is 138 Å². The zero-order valence-corrected chi connectivity index (χ0v) is 14.7. The average molecular weight is 366 g/mol. The second-order valence-corrected chi connectivity index (χ2v) is 6.94. The summed E-state index contributed by atoms with van der Waals surface area (Å²) in [6, 6.07) is 7.38. The summed E-state index contributed by atoms with van der Waals surface area (Å²) >= 11 is 3.42. The summed E-state index contributed by atoms with van der Waals surface area (Å²) in [6.07, 6.45) is 3.08. The highest BCUT2D eigenvalue weighted by Gasteiger charge is 2.24. The Balaban J connectivity index is 2.29. The molecule has 0 aliphatic rings. The van der Waals surface area contributed by atoms with Crippen LogP contribution in [0.25, 0.3) is 0 Å². The summed E-state index contributed by atoms with van der Waals surface area (Å²) in [4.78, 5) is 16.5. The number of imidazole rings is 1. The summed E-state index contributed by atoms with van der Waals surface area (Å²) in [5, 5.41) is 2.89.